The number of ether oxygens (including phenoxy) is 1. The van der Waals surface area contributed by atoms with Crippen LogP contribution in [0.15, 0.2) is 5.38 Å². The second kappa shape index (κ2) is 5.87. The molecule has 2 aliphatic rings. The SMILES string of the molecule is CCCc1nc(C(=O)N2CCC[C@@]3(CN(C)C(=O)O3)C2)cs1. The van der Waals surface area contributed by atoms with Gasteiger partial charge in [-0.15, -0.1) is 11.3 Å². The van der Waals surface area contributed by atoms with Crippen LogP contribution >= 0.6 is 11.3 Å². The molecule has 2 amide bonds. The number of thiazole rings is 1. The van der Waals surface area contributed by atoms with Crippen LogP contribution < -0.4 is 0 Å². The highest BCUT2D eigenvalue weighted by Gasteiger charge is 2.47. The quantitative estimate of drug-likeness (QED) is 0.855. The summed E-state index contributed by atoms with van der Waals surface area (Å²) in [4.78, 5) is 32.1. The second-order valence-electron chi connectivity index (χ2n) is 6.11. The lowest BCUT2D eigenvalue weighted by Gasteiger charge is -2.38. The molecule has 1 spiro atoms. The van der Waals surface area contributed by atoms with Crippen molar-refractivity contribution in [2.24, 2.45) is 0 Å². The minimum atomic E-state index is -0.540. The molecule has 22 heavy (non-hydrogen) atoms. The third-order valence-corrected chi connectivity index (χ3v) is 5.11. The van der Waals surface area contributed by atoms with E-state index >= 15 is 0 Å². The molecule has 6 nitrogen and oxygen atoms in total. The van der Waals surface area contributed by atoms with Gasteiger partial charge in [-0.25, -0.2) is 9.78 Å². The highest BCUT2D eigenvalue weighted by molar-refractivity contribution is 7.09. The van der Waals surface area contributed by atoms with Gasteiger partial charge in [-0.3, -0.25) is 4.79 Å². The number of piperidine rings is 1. The van der Waals surface area contributed by atoms with Crippen molar-refractivity contribution in [2.75, 3.05) is 26.7 Å². The summed E-state index contributed by atoms with van der Waals surface area (Å²) >= 11 is 1.54. The molecule has 7 heteroatoms. The van der Waals surface area contributed by atoms with E-state index in [0.29, 0.717) is 25.3 Å². The molecule has 2 saturated heterocycles. The number of hydrogen-bond acceptors (Lipinski definition) is 5. The number of amides is 2. The maximum Gasteiger partial charge on any atom is 0.410 e. The van der Waals surface area contributed by atoms with Crippen LogP contribution in [0.1, 0.15) is 41.7 Å². The zero-order valence-electron chi connectivity index (χ0n) is 13.0. The predicted octanol–water partition coefficient (Wildman–Crippen LogP) is 2.15. The predicted molar refractivity (Wildman–Crippen MR) is 83.1 cm³/mol. The monoisotopic (exact) mass is 323 g/mol. The molecule has 0 unspecified atom stereocenters. The van der Waals surface area contributed by atoms with Crippen molar-refractivity contribution in [3.8, 4) is 0 Å². The van der Waals surface area contributed by atoms with Gasteiger partial charge in [-0.2, -0.15) is 0 Å². The second-order valence-corrected chi connectivity index (χ2v) is 7.06. The smallest absolute Gasteiger partial charge is 0.410 e. The van der Waals surface area contributed by atoms with E-state index in [2.05, 4.69) is 11.9 Å². The Bertz CT molecular complexity index is 588. The zero-order chi connectivity index (χ0) is 15.7. The summed E-state index contributed by atoms with van der Waals surface area (Å²) in [6, 6.07) is 0. The summed E-state index contributed by atoms with van der Waals surface area (Å²) in [7, 11) is 1.73. The summed E-state index contributed by atoms with van der Waals surface area (Å²) in [6.07, 6.45) is 3.29. The molecule has 1 aromatic heterocycles. The summed E-state index contributed by atoms with van der Waals surface area (Å²) in [5.41, 5.74) is -0.0228. The van der Waals surface area contributed by atoms with E-state index in [9.17, 15) is 9.59 Å². The number of rotatable bonds is 3. The minimum Gasteiger partial charge on any atom is -0.439 e. The van der Waals surface area contributed by atoms with E-state index in [-0.39, 0.29) is 12.0 Å². The van der Waals surface area contributed by atoms with Gasteiger partial charge in [0, 0.05) is 19.0 Å². The average molecular weight is 323 g/mol. The lowest BCUT2D eigenvalue weighted by Crippen LogP contribution is -2.52. The number of aromatic nitrogens is 1. The molecule has 0 saturated carbocycles. The molecule has 0 aliphatic carbocycles. The molecule has 1 atom stereocenters. The molecule has 2 aliphatic heterocycles. The van der Waals surface area contributed by atoms with E-state index in [1.54, 1.807) is 16.8 Å². The number of hydrogen-bond donors (Lipinski definition) is 0. The van der Waals surface area contributed by atoms with Crippen molar-refractivity contribution >= 4 is 23.3 Å². The Morgan fingerprint density at radius 1 is 1.50 bits per heavy atom. The van der Waals surface area contributed by atoms with E-state index < -0.39 is 5.60 Å². The van der Waals surface area contributed by atoms with Crippen LogP contribution in [0.3, 0.4) is 0 Å². The Kier molecular flexibility index (Phi) is 4.08. The zero-order valence-corrected chi connectivity index (χ0v) is 13.8. The molecule has 2 fully saturated rings. The van der Waals surface area contributed by atoms with Gasteiger partial charge in [0.1, 0.15) is 11.3 Å². The van der Waals surface area contributed by atoms with Crippen LogP contribution in [0.2, 0.25) is 0 Å². The third-order valence-electron chi connectivity index (χ3n) is 4.20. The first kappa shape index (κ1) is 15.3. The van der Waals surface area contributed by atoms with Gasteiger partial charge in [-0.1, -0.05) is 6.92 Å². The van der Waals surface area contributed by atoms with Gasteiger partial charge >= 0.3 is 6.09 Å². The Balaban J connectivity index is 1.71. The van der Waals surface area contributed by atoms with Crippen molar-refractivity contribution < 1.29 is 14.3 Å². The number of nitrogens with zero attached hydrogens (tertiary/aromatic N) is 3. The first-order valence-electron chi connectivity index (χ1n) is 7.71. The lowest BCUT2D eigenvalue weighted by molar-refractivity contribution is -0.00538. The molecule has 0 radical (unpaired) electrons. The van der Waals surface area contributed by atoms with Crippen LogP contribution in [0, 0.1) is 0 Å². The standard InChI is InChI=1S/C15H21N3O3S/c1-3-5-12-16-11(8-22-12)13(19)18-7-4-6-15(10-18)9-17(2)14(20)21-15/h8H,3-7,9-10H2,1-2H3/t15-/m1/s1. The van der Waals surface area contributed by atoms with E-state index in [4.69, 9.17) is 4.74 Å². The first-order chi connectivity index (χ1) is 10.5. The molecular weight excluding hydrogens is 302 g/mol. The van der Waals surface area contributed by atoms with Gasteiger partial charge in [0.15, 0.2) is 0 Å². The topological polar surface area (TPSA) is 62.7 Å². The van der Waals surface area contributed by atoms with Crippen molar-refractivity contribution in [3.05, 3.63) is 16.1 Å². The van der Waals surface area contributed by atoms with Crippen LogP contribution in [0.4, 0.5) is 4.79 Å². The fourth-order valence-electron chi connectivity index (χ4n) is 3.18. The van der Waals surface area contributed by atoms with E-state index in [0.717, 1.165) is 30.7 Å². The van der Waals surface area contributed by atoms with Crippen molar-refractivity contribution in [3.63, 3.8) is 0 Å². The molecule has 120 valence electrons. The summed E-state index contributed by atoms with van der Waals surface area (Å²) < 4.78 is 5.54. The Morgan fingerprint density at radius 2 is 2.32 bits per heavy atom. The molecular formula is C15H21N3O3S. The number of likely N-dealkylation sites (tertiary alicyclic amines) is 1. The van der Waals surface area contributed by atoms with Crippen LogP contribution in [0.5, 0.6) is 0 Å². The maximum atomic E-state index is 12.6. The Morgan fingerprint density at radius 3 is 3.00 bits per heavy atom. The molecule has 3 heterocycles. The highest BCUT2D eigenvalue weighted by Crippen LogP contribution is 2.32. The number of carbonyl (C=O) groups excluding carboxylic acids is 2. The van der Waals surface area contributed by atoms with Crippen molar-refractivity contribution in [2.45, 2.75) is 38.2 Å². The lowest BCUT2D eigenvalue weighted by atomic mass is 9.92. The summed E-state index contributed by atoms with van der Waals surface area (Å²) in [5, 5.41) is 2.84. The summed E-state index contributed by atoms with van der Waals surface area (Å²) in [6.45, 7) is 3.81. The van der Waals surface area contributed by atoms with Crippen LogP contribution in [0.25, 0.3) is 0 Å². The van der Waals surface area contributed by atoms with Crippen molar-refractivity contribution in [1.82, 2.24) is 14.8 Å². The van der Waals surface area contributed by atoms with Gasteiger partial charge in [0.05, 0.1) is 18.1 Å². The number of carbonyl (C=O) groups is 2. The number of aryl methyl sites for hydroxylation is 1. The van der Waals surface area contributed by atoms with Gasteiger partial charge in [-0.05, 0) is 25.7 Å². The van der Waals surface area contributed by atoms with Crippen molar-refractivity contribution in [1.29, 1.82) is 0 Å². The van der Waals surface area contributed by atoms with Gasteiger partial charge < -0.3 is 14.5 Å². The number of likely N-dealkylation sites (N-methyl/N-ethyl adjacent to an activating group) is 1. The molecule has 0 bridgehead atoms. The third kappa shape index (κ3) is 2.82. The highest BCUT2D eigenvalue weighted by atomic mass is 32.1. The first-order valence-corrected chi connectivity index (χ1v) is 8.59. The maximum absolute atomic E-state index is 12.6. The Hall–Kier alpha value is -1.63. The van der Waals surface area contributed by atoms with Gasteiger partial charge in [0.25, 0.3) is 5.91 Å². The molecule has 3 rings (SSSR count). The fourth-order valence-corrected chi connectivity index (χ4v) is 4.05. The minimum absolute atomic E-state index is 0.0525. The molecule has 0 N–H and O–H groups in total. The summed E-state index contributed by atoms with van der Waals surface area (Å²) in [5.74, 6) is -0.0525. The average Bonchev–Trinajstić information content (AvgIpc) is 3.04. The van der Waals surface area contributed by atoms with E-state index in [1.165, 1.54) is 11.3 Å². The van der Waals surface area contributed by atoms with Gasteiger partial charge in [0.2, 0.25) is 0 Å². The molecule has 1 aromatic rings. The molecule has 0 aromatic carbocycles. The Labute approximate surface area is 134 Å². The normalized spacial score (nSPS) is 24.9. The fraction of sp³-hybridized carbons (Fsp3) is 0.667. The van der Waals surface area contributed by atoms with Crippen LogP contribution in [-0.2, 0) is 11.2 Å². The van der Waals surface area contributed by atoms with E-state index in [1.807, 2.05) is 5.38 Å². The van der Waals surface area contributed by atoms with Crippen LogP contribution in [-0.4, -0.2) is 59.1 Å². The largest absolute Gasteiger partial charge is 0.439 e.